The van der Waals surface area contributed by atoms with Gasteiger partial charge in [-0.3, -0.25) is 14.3 Å². The van der Waals surface area contributed by atoms with Gasteiger partial charge in [0.25, 0.3) is 0 Å². The van der Waals surface area contributed by atoms with Crippen LogP contribution in [0.25, 0.3) is 11.3 Å². The zero-order chi connectivity index (χ0) is 13.5. The molecule has 0 amide bonds. The van der Waals surface area contributed by atoms with Crippen LogP contribution in [0.2, 0.25) is 0 Å². The Morgan fingerprint density at radius 2 is 2.32 bits per heavy atom. The molecule has 0 saturated heterocycles. The first-order valence-electron chi connectivity index (χ1n) is 6.29. The van der Waals surface area contributed by atoms with Crippen LogP contribution in [-0.4, -0.2) is 37.4 Å². The molecule has 2 rings (SSSR count). The molecule has 2 aromatic rings. The van der Waals surface area contributed by atoms with Gasteiger partial charge in [-0.05, 0) is 12.1 Å². The Balaban J connectivity index is 1.92. The summed E-state index contributed by atoms with van der Waals surface area (Å²) in [4.78, 5) is 4.10. The van der Waals surface area contributed by atoms with Crippen molar-refractivity contribution in [2.24, 2.45) is 0 Å². The fraction of sp³-hybridized carbons (Fsp3) is 0.385. The van der Waals surface area contributed by atoms with E-state index >= 15 is 0 Å². The summed E-state index contributed by atoms with van der Waals surface area (Å²) in [6.45, 7) is 3.40. The average molecular weight is 278 g/mol. The van der Waals surface area contributed by atoms with Crippen LogP contribution >= 0.6 is 0 Å². The lowest BCUT2D eigenvalue weighted by Gasteiger charge is -2.05. The third kappa shape index (κ3) is 3.97. The van der Waals surface area contributed by atoms with E-state index in [1.165, 1.54) is 0 Å². The predicted octanol–water partition coefficient (Wildman–Crippen LogP) is 1.33. The van der Waals surface area contributed by atoms with Crippen molar-refractivity contribution >= 4 is 10.8 Å². The fourth-order valence-electron chi connectivity index (χ4n) is 1.76. The van der Waals surface area contributed by atoms with Gasteiger partial charge < -0.3 is 5.32 Å². The van der Waals surface area contributed by atoms with Crippen LogP contribution < -0.4 is 5.32 Å². The van der Waals surface area contributed by atoms with Gasteiger partial charge in [0.1, 0.15) is 0 Å². The number of pyridine rings is 1. The van der Waals surface area contributed by atoms with Gasteiger partial charge in [0.2, 0.25) is 0 Å². The summed E-state index contributed by atoms with van der Waals surface area (Å²) in [6, 6.07) is 3.90. The van der Waals surface area contributed by atoms with Gasteiger partial charge in [0.05, 0.1) is 11.9 Å². The monoisotopic (exact) mass is 278 g/mol. The second-order valence-corrected chi connectivity index (χ2v) is 5.99. The Morgan fingerprint density at radius 3 is 3.05 bits per heavy atom. The maximum atomic E-state index is 11.3. The summed E-state index contributed by atoms with van der Waals surface area (Å²) in [5.41, 5.74) is 3.10. The van der Waals surface area contributed by atoms with Crippen LogP contribution in [-0.2, 0) is 17.3 Å². The number of aromatic amines is 1. The lowest BCUT2D eigenvalue weighted by molar-refractivity contribution is 0.674. The third-order valence-corrected chi connectivity index (χ3v) is 4.12. The molecule has 6 heteroatoms. The molecule has 0 bridgehead atoms. The van der Waals surface area contributed by atoms with Gasteiger partial charge in [0, 0.05) is 58.9 Å². The summed E-state index contributed by atoms with van der Waals surface area (Å²) in [5, 5.41) is 10.4. The first-order valence-corrected chi connectivity index (χ1v) is 7.78. The molecular formula is C13H18N4OS. The van der Waals surface area contributed by atoms with Crippen LogP contribution in [0, 0.1) is 0 Å². The van der Waals surface area contributed by atoms with Crippen LogP contribution in [0.5, 0.6) is 0 Å². The molecule has 0 fully saturated rings. The quantitative estimate of drug-likeness (QED) is 0.750. The molecule has 0 aromatic carbocycles. The van der Waals surface area contributed by atoms with Gasteiger partial charge in [-0.15, -0.1) is 0 Å². The molecule has 5 nitrogen and oxygen atoms in total. The van der Waals surface area contributed by atoms with Crippen LogP contribution in [0.4, 0.5) is 0 Å². The number of rotatable bonds is 7. The van der Waals surface area contributed by atoms with Crippen molar-refractivity contribution < 1.29 is 4.21 Å². The highest BCUT2D eigenvalue weighted by atomic mass is 32.2. The van der Waals surface area contributed by atoms with Crippen molar-refractivity contribution in [3.05, 3.63) is 36.3 Å². The molecular weight excluding hydrogens is 260 g/mol. The van der Waals surface area contributed by atoms with Crippen molar-refractivity contribution in [1.29, 1.82) is 0 Å². The summed E-state index contributed by atoms with van der Waals surface area (Å²) < 4.78 is 11.3. The van der Waals surface area contributed by atoms with E-state index in [0.29, 0.717) is 18.1 Å². The second kappa shape index (κ2) is 7.16. The van der Waals surface area contributed by atoms with Crippen molar-refractivity contribution in [2.75, 3.05) is 18.1 Å². The molecule has 0 spiro atoms. The molecule has 1 atom stereocenters. The minimum Gasteiger partial charge on any atom is -0.312 e. The summed E-state index contributed by atoms with van der Waals surface area (Å²) in [5.74, 6) is 1.41. The van der Waals surface area contributed by atoms with E-state index in [1.54, 1.807) is 6.20 Å². The molecule has 2 heterocycles. The minimum atomic E-state index is -0.713. The van der Waals surface area contributed by atoms with E-state index in [9.17, 15) is 4.21 Å². The highest BCUT2D eigenvalue weighted by Gasteiger charge is 2.07. The number of aromatic nitrogens is 3. The van der Waals surface area contributed by atoms with Crippen molar-refractivity contribution in [2.45, 2.75) is 13.5 Å². The Bertz CT molecular complexity index is 526. The smallest absolute Gasteiger partial charge is 0.0710 e. The maximum Gasteiger partial charge on any atom is 0.0710 e. The van der Waals surface area contributed by atoms with Gasteiger partial charge >= 0.3 is 0 Å². The molecule has 2 N–H and O–H groups in total. The number of nitrogens with one attached hydrogen (secondary N) is 2. The van der Waals surface area contributed by atoms with E-state index < -0.39 is 10.8 Å². The van der Waals surface area contributed by atoms with Crippen molar-refractivity contribution in [1.82, 2.24) is 20.5 Å². The maximum absolute atomic E-state index is 11.3. The highest BCUT2D eigenvalue weighted by Crippen LogP contribution is 2.19. The van der Waals surface area contributed by atoms with Crippen molar-refractivity contribution in [3.63, 3.8) is 0 Å². The number of hydrogen-bond donors (Lipinski definition) is 2. The minimum absolute atomic E-state index is 0.691. The van der Waals surface area contributed by atoms with E-state index in [0.717, 1.165) is 23.4 Å². The van der Waals surface area contributed by atoms with Gasteiger partial charge in [-0.2, -0.15) is 5.10 Å². The van der Waals surface area contributed by atoms with E-state index in [2.05, 4.69) is 20.5 Å². The van der Waals surface area contributed by atoms with Gasteiger partial charge in [-0.25, -0.2) is 0 Å². The summed E-state index contributed by atoms with van der Waals surface area (Å²) >= 11 is 0. The van der Waals surface area contributed by atoms with Gasteiger partial charge in [-0.1, -0.05) is 6.92 Å². The van der Waals surface area contributed by atoms with Gasteiger partial charge in [0.15, 0.2) is 0 Å². The number of hydrogen-bond acceptors (Lipinski definition) is 4. The van der Waals surface area contributed by atoms with Crippen molar-refractivity contribution in [3.8, 4) is 11.3 Å². The molecule has 2 aromatic heterocycles. The molecule has 0 saturated carbocycles. The lowest BCUT2D eigenvalue weighted by atomic mass is 10.1. The van der Waals surface area contributed by atoms with E-state index in [4.69, 9.17) is 0 Å². The molecule has 1 unspecified atom stereocenters. The highest BCUT2D eigenvalue weighted by molar-refractivity contribution is 7.84. The standard InChI is InChI=1S/C13H18N4OS/c1-2-19(18)7-6-15-9-12-10-16-17-13(12)11-4-3-5-14-8-11/h3-5,8,10,15H,2,6-7,9H2,1H3,(H,16,17). The Hall–Kier alpha value is -1.53. The zero-order valence-corrected chi connectivity index (χ0v) is 11.7. The van der Waals surface area contributed by atoms with Crippen LogP contribution in [0.3, 0.4) is 0 Å². The first kappa shape index (κ1) is 13.9. The van der Waals surface area contributed by atoms with E-state index in [1.807, 2.05) is 31.5 Å². The molecule has 102 valence electrons. The molecule has 0 aliphatic carbocycles. The predicted molar refractivity (Wildman–Crippen MR) is 77.1 cm³/mol. The van der Waals surface area contributed by atoms with Crippen LogP contribution in [0.1, 0.15) is 12.5 Å². The Kier molecular flexibility index (Phi) is 5.23. The first-order chi connectivity index (χ1) is 9.31. The molecule has 0 radical (unpaired) electrons. The fourth-order valence-corrected chi connectivity index (χ4v) is 2.42. The molecule has 0 aliphatic rings. The van der Waals surface area contributed by atoms with E-state index in [-0.39, 0.29) is 0 Å². The number of nitrogens with zero attached hydrogens (tertiary/aromatic N) is 2. The Labute approximate surface area is 115 Å². The lowest BCUT2D eigenvalue weighted by Crippen LogP contribution is -2.20. The largest absolute Gasteiger partial charge is 0.312 e. The third-order valence-electron chi connectivity index (χ3n) is 2.81. The SMILES string of the molecule is CCS(=O)CCNCc1cn[nH]c1-c1cccnc1. The van der Waals surface area contributed by atoms with Crippen LogP contribution in [0.15, 0.2) is 30.7 Å². The molecule has 0 aliphatic heterocycles. The second-order valence-electron chi connectivity index (χ2n) is 4.12. The number of H-pyrrole nitrogens is 1. The average Bonchev–Trinajstić information content (AvgIpc) is 2.92. The zero-order valence-electron chi connectivity index (χ0n) is 10.9. The molecule has 19 heavy (non-hydrogen) atoms. The Morgan fingerprint density at radius 1 is 1.42 bits per heavy atom. The normalized spacial score (nSPS) is 12.5. The topological polar surface area (TPSA) is 70.7 Å². The summed E-state index contributed by atoms with van der Waals surface area (Å²) in [7, 11) is -0.713. The summed E-state index contributed by atoms with van der Waals surface area (Å²) in [6.07, 6.45) is 5.37.